The van der Waals surface area contributed by atoms with E-state index in [0.29, 0.717) is 0 Å². The number of nitrogens with one attached hydrogen (secondary N) is 1. The number of primary sulfonamides is 1. The molecule has 0 aliphatic rings. The van der Waals surface area contributed by atoms with Crippen molar-refractivity contribution in [3.63, 3.8) is 0 Å². The summed E-state index contributed by atoms with van der Waals surface area (Å²) in [4.78, 5) is 12.7. The van der Waals surface area contributed by atoms with Crippen LogP contribution in [0.4, 0.5) is 8.78 Å². The molecule has 0 radical (unpaired) electrons. The number of aromatic amines is 1. The van der Waals surface area contributed by atoms with Crippen LogP contribution >= 0.6 is 22.6 Å². The number of hydrogen-bond acceptors (Lipinski definition) is 3. The van der Waals surface area contributed by atoms with Crippen molar-refractivity contribution >= 4 is 32.6 Å². The third-order valence-electron chi connectivity index (χ3n) is 1.54. The maximum Gasteiger partial charge on any atom is 0.269 e. The van der Waals surface area contributed by atoms with Gasteiger partial charge in [-0.1, -0.05) is 0 Å². The van der Waals surface area contributed by atoms with Crippen molar-refractivity contribution in [2.24, 2.45) is 5.14 Å². The van der Waals surface area contributed by atoms with Crippen LogP contribution in [0.25, 0.3) is 0 Å². The fourth-order valence-corrected chi connectivity index (χ4v) is 2.93. The number of nitrogens with two attached hydrogens (primary N) is 1. The Hall–Kier alpha value is -0.550. The summed E-state index contributed by atoms with van der Waals surface area (Å²) in [7, 11) is -4.30. The quantitative estimate of drug-likeness (QED) is 0.603. The van der Waals surface area contributed by atoms with E-state index in [1.807, 2.05) is 0 Å². The maximum atomic E-state index is 12.3. The highest BCUT2D eigenvalue weighted by atomic mass is 127. The van der Waals surface area contributed by atoms with Crippen LogP contribution in [0.1, 0.15) is 12.0 Å². The first-order valence-electron chi connectivity index (χ1n) is 3.47. The lowest BCUT2D eigenvalue weighted by Gasteiger charge is -2.04. The molecular weight excluding hydrogens is 345 g/mol. The normalized spacial score (nSPS) is 12.1. The van der Waals surface area contributed by atoms with Gasteiger partial charge in [0.1, 0.15) is 3.70 Å². The van der Waals surface area contributed by atoms with Crippen LogP contribution in [-0.4, -0.2) is 13.4 Å². The Morgan fingerprint density at radius 2 is 2.00 bits per heavy atom. The van der Waals surface area contributed by atoms with Crippen LogP contribution < -0.4 is 10.6 Å². The van der Waals surface area contributed by atoms with Crippen molar-refractivity contribution in [2.45, 2.75) is 11.3 Å². The summed E-state index contributed by atoms with van der Waals surface area (Å²) >= 11 is 1.49. The summed E-state index contributed by atoms with van der Waals surface area (Å²) in [6.45, 7) is 0. The van der Waals surface area contributed by atoms with Gasteiger partial charge in [-0.3, -0.25) is 4.79 Å². The Balaban J connectivity index is 3.67. The van der Waals surface area contributed by atoms with Gasteiger partial charge < -0.3 is 4.98 Å². The summed E-state index contributed by atoms with van der Waals surface area (Å²) in [6.07, 6.45) is -2.28. The Bertz CT molecular complexity index is 540. The van der Waals surface area contributed by atoms with Crippen molar-refractivity contribution < 1.29 is 17.2 Å². The third kappa shape index (κ3) is 2.52. The molecule has 0 saturated heterocycles. The van der Waals surface area contributed by atoms with Crippen molar-refractivity contribution in [1.29, 1.82) is 0 Å². The Morgan fingerprint density at radius 3 is 2.40 bits per heavy atom. The van der Waals surface area contributed by atoms with E-state index >= 15 is 0 Å². The summed E-state index contributed by atoms with van der Waals surface area (Å²) < 4.78 is 46.4. The molecule has 0 saturated carbocycles. The fraction of sp³-hybridized carbons (Fsp3) is 0.167. The lowest BCUT2D eigenvalue weighted by atomic mass is 10.3. The zero-order valence-corrected chi connectivity index (χ0v) is 9.97. The number of halogens is 3. The van der Waals surface area contributed by atoms with Gasteiger partial charge in [0, 0.05) is 6.20 Å². The molecule has 84 valence electrons. The van der Waals surface area contributed by atoms with Gasteiger partial charge in [0.15, 0.2) is 4.90 Å². The lowest BCUT2D eigenvalue weighted by molar-refractivity contribution is 0.149. The minimum absolute atomic E-state index is 0.0931. The lowest BCUT2D eigenvalue weighted by Crippen LogP contribution is -2.26. The van der Waals surface area contributed by atoms with Crippen molar-refractivity contribution in [3.8, 4) is 0 Å². The van der Waals surface area contributed by atoms with E-state index in [9.17, 15) is 22.0 Å². The molecule has 0 aromatic carbocycles. The summed E-state index contributed by atoms with van der Waals surface area (Å²) in [6, 6.07) is 0. The van der Waals surface area contributed by atoms with Gasteiger partial charge >= 0.3 is 0 Å². The van der Waals surface area contributed by atoms with Gasteiger partial charge in [-0.05, 0) is 22.6 Å². The number of pyridine rings is 1. The molecule has 1 aromatic heterocycles. The Kier molecular flexibility index (Phi) is 3.45. The van der Waals surface area contributed by atoms with Crippen LogP contribution in [0.5, 0.6) is 0 Å². The van der Waals surface area contributed by atoms with Crippen LogP contribution in [0.3, 0.4) is 0 Å². The molecular formula is C6H5F2IN2O3S. The Labute approximate surface area is 96.9 Å². The number of sulfonamides is 1. The van der Waals surface area contributed by atoms with E-state index in [1.165, 1.54) is 22.6 Å². The maximum absolute atomic E-state index is 12.3. The first-order chi connectivity index (χ1) is 6.75. The average molecular weight is 350 g/mol. The molecule has 0 aliphatic carbocycles. The smallest absolute Gasteiger partial charge is 0.269 e. The molecule has 0 bridgehead atoms. The number of hydrogen-bond donors (Lipinski definition) is 2. The summed E-state index contributed by atoms with van der Waals surface area (Å²) in [5.41, 5.74) is -2.19. The predicted octanol–water partition coefficient (Wildman–Crippen LogP) is 0.565. The van der Waals surface area contributed by atoms with Crippen LogP contribution in [0.15, 0.2) is 15.9 Å². The monoisotopic (exact) mass is 350 g/mol. The standard InChI is InChI=1S/C6H5F2IN2O3S/c7-5(8)2-1-11-6(9)4(3(2)12)15(10,13)14/h1,5H,(H,11,12)(H2,10,13,14). The molecule has 15 heavy (non-hydrogen) atoms. The first-order valence-corrected chi connectivity index (χ1v) is 6.09. The summed E-state index contributed by atoms with van der Waals surface area (Å²) in [5.74, 6) is 0. The molecule has 0 unspecified atom stereocenters. The molecule has 1 heterocycles. The molecule has 0 fully saturated rings. The highest BCUT2D eigenvalue weighted by Gasteiger charge is 2.23. The molecule has 1 aromatic rings. The molecule has 5 nitrogen and oxygen atoms in total. The van der Waals surface area contributed by atoms with Gasteiger partial charge in [-0.25, -0.2) is 22.3 Å². The second kappa shape index (κ2) is 4.14. The second-order valence-electron chi connectivity index (χ2n) is 2.56. The van der Waals surface area contributed by atoms with Crippen molar-refractivity contribution in [3.05, 3.63) is 25.7 Å². The molecule has 0 spiro atoms. The molecule has 1 rings (SSSR count). The number of H-pyrrole nitrogens is 1. The van der Waals surface area contributed by atoms with Crippen LogP contribution in [-0.2, 0) is 10.0 Å². The zero-order valence-electron chi connectivity index (χ0n) is 7.00. The summed E-state index contributed by atoms with van der Waals surface area (Å²) in [5, 5.41) is 4.73. The van der Waals surface area contributed by atoms with Crippen molar-refractivity contribution in [2.75, 3.05) is 0 Å². The predicted molar refractivity (Wildman–Crippen MR) is 56.1 cm³/mol. The highest BCUT2D eigenvalue weighted by Crippen LogP contribution is 2.17. The van der Waals surface area contributed by atoms with E-state index in [2.05, 4.69) is 4.98 Å². The number of alkyl halides is 2. The van der Waals surface area contributed by atoms with E-state index in [4.69, 9.17) is 5.14 Å². The largest absolute Gasteiger partial charge is 0.355 e. The Morgan fingerprint density at radius 1 is 1.47 bits per heavy atom. The van der Waals surface area contributed by atoms with Gasteiger partial charge in [0.05, 0.1) is 5.56 Å². The van der Waals surface area contributed by atoms with Crippen LogP contribution in [0.2, 0.25) is 0 Å². The van der Waals surface area contributed by atoms with Gasteiger partial charge in [0.2, 0.25) is 15.5 Å². The van der Waals surface area contributed by atoms with Gasteiger partial charge in [-0.15, -0.1) is 0 Å². The third-order valence-corrected chi connectivity index (χ3v) is 3.72. The number of aromatic nitrogens is 1. The molecule has 0 atom stereocenters. The van der Waals surface area contributed by atoms with E-state index in [-0.39, 0.29) is 3.70 Å². The van der Waals surface area contributed by atoms with Gasteiger partial charge in [0.25, 0.3) is 6.43 Å². The minimum atomic E-state index is -4.30. The molecule has 3 N–H and O–H groups in total. The highest BCUT2D eigenvalue weighted by molar-refractivity contribution is 14.1. The van der Waals surface area contributed by atoms with E-state index in [1.54, 1.807) is 0 Å². The topological polar surface area (TPSA) is 93.0 Å². The molecule has 9 heteroatoms. The van der Waals surface area contributed by atoms with Crippen LogP contribution in [0, 0.1) is 3.70 Å². The van der Waals surface area contributed by atoms with E-state index in [0.717, 1.165) is 6.20 Å². The zero-order chi connectivity index (χ0) is 11.8. The molecule has 0 aliphatic heterocycles. The second-order valence-corrected chi connectivity index (χ2v) is 5.14. The first kappa shape index (κ1) is 12.5. The average Bonchev–Trinajstić information content (AvgIpc) is 2.00. The minimum Gasteiger partial charge on any atom is -0.355 e. The van der Waals surface area contributed by atoms with Gasteiger partial charge in [-0.2, -0.15) is 0 Å². The fourth-order valence-electron chi connectivity index (χ4n) is 0.919. The SMILES string of the molecule is NS(=O)(=O)c1c(I)[nH]cc(C(F)F)c1=O. The molecule has 0 amide bonds. The number of rotatable bonds is 2. The van der Waals surface area contributed by atoms with E-state index < -0.39 is 32.3 Å². The van der Waals surface area contributed by atoms with Crippen molar-refractivity contribution in [1.82, 2.24) is 4.98 Å².